The average molecular weight is 504 g/mol. The highest BCUT2D eigenvalue weighted by molar-refractivity contribution is 7.88. The van der Waals surface area contributed by atoms with Crippen molar-refractivity contribution in [2.45, 2.75) is 6.54 Å². The van der Waals surface area contributed by atoms with Gasteiger partial charge >= 0.3 is 0 Å². The molecule has 13 heteroatoms. The second kappa shape index (κ2) is 8.32. The number of aromatic nitrogens is 8. The molecule has 0 atom stereocenters. The molecule has 36 heavy (non-hydrogen) atoms. The predicted molar refractivity (Wildman–Crippen MR) is 131 cm³/mol. The van der Waals surface area contributed by atoms with Crippen molar-refractivity contribution in [1.29, 1.82) is 0 Å². The molecule has 6 aromatic rings. The normalized spacial score (nSPS) is 12.1. The molecule has 180 valence electrons. The smallest absolute Gasteiger partial charge is 0.209 e. The Kier molecular flexibility index (Phi) is 5.09. The number of hydrogen-bond donors (Lipinski definition) is 4. The number of imidazole rings is 1. The first-order valence-electron chi connectivity index (χ1n) is 10.8. The molecule has 11 nitrogen and oxygen atoms in total. The summed E-state index contributed by atoms with van der Waals surface area (Å²) in [4.78, 5) is 16.8. The molecular weight excluding hydrogens is 485 g/mol. The van der Waals surface area contributed by atoms with Gasteiger partial charge in [-0.1, -0.05) is 0 Å². The van der Waals surface area contributed by atoms with E-state index in [2.05, 4.69) is 40.1 Å². The summed E-state index contributed by atoms with van der Waals surface area (Å²) in [5, 5.41) is 15.0. The first-order valence-corrected chi connectivity index (χ1v) is 12.6. The predicted octanol–water partition coefficient (Wildman–Crippen LogP) is 3.14. The van der Waals surface area contributed by atoms with Gasteiger partial charge < -0.3 is 4.98 Å². The van der Waals surface area contributed by atoms with E-state index >= 15 is 0 Å². The van der Waals surface area contributed by atoms with Gasteiger partial charge in [-0.05, 0) is 35.4 Å². The molecule has 0 aliphatic carbocycles. The summed E-state index contributed by atoms with van der Waals surface area (Å²) in [6, 6.07) is 6.26. The van der Waals surface area contributed by atoms with Crippen LogP contribution in [0.25, 0.3) is 55.8 Å². The van der Waals surface area contributed by atoms with Gasteiger partial charge in [0, 0.05) is 35.5 Å². The highest BCUT2D eigenvalue weighted by atomic mass is 32.2. The number of benzene rings is 1. The second-order valence-corrected chi connectivity index (χ2v) is 10.1. The van der Waals surface area contributed by atoms with E-state index in [0.29, 0.717) is 39.2 Å². The molecular formula is C23H18FN9O2S. The number of aromatic amines is 3. The number of nitrogens with zero attached hydrogens (tertiary/aromatic N) is 5. The van der Waals surface area contributed by atoms with Crippen LogP contribution in [-0.2, 0) is 16.6 Å². The van der Waals surface area contributed by atoms with Crippen molar-refractivity contribution in [2.24, 2.45) is 0 Å². The summed E-state index contributed by atoms with van der Waals surface area (Å²) in [6.07, 6.45) is 9.42. The Hall–Kier alpha value is -4.49. The molecule has 0 radical (unpaired) electrons. The van der Waals surface area contributed by atoms with Crippen molar-refractivity contribution < 1.29 is 12.8 Å². The minimum atomic E-state index is -3.43. The fraction of sp³-hybridized carbons (Fsp3) is 0.0870. The number of rotatable bonds is 6. The van der Waals surface area contributed by atoms with Gasteiger partial charge in [0.15, 0.2) is 5.82 Å². The zero-order valence-corrected chi connectivity index (χ0v) is 19.6. The first-order chi connectivity index (χ1) is 17.3. The molecule has 6 rings (SSSR count). The summed E-state index contributed by atoms with van der Waals surface area (Å²) in [6.45, 7) is -0.0366. The molecule has 0 fully saturated rings. The van der Waals surface area contributed by atoms with E-state index in [-0.39, 0.29) is 6.54 Å². The molecule has 0 aliphatic rings. The van der Waals surface area contributed by atoms with Crippen LogP contribution in [0, 0.1) is 5.82 Å². The van der Waals surface area contributed by atoms with E-state index in [1.807, 2.05) is 6.07 Å². The zero-order valence-electron chi connectivity index (χ0n) is 18.7. The third-order valence-corrected chi connectivity index (χ3v) is 6.34. The quantitative estimate of drug-likeness (QED) is 0.272. The van der Waals surface area contributed by atoms with Crippen LogP contribution in [0.15, 0.2) is 55.2 Å². The lowest BCUT2D eigenvalue weighted by Gasteiger charge is -2.07. The molecule has 5 heterocycles. The minimum absolute atomic E-state index is 0.0366. The maximum atomic E-state index is 14.4. The summed E-state index contributed by atoms with van der Waals surface area (Å²) in [7, 11) is -3.43. The van der Waals surface area contributed by atoms with Gasteiger partial charge in [0.2, 0.25) is 10.0 Å². The van der Waals surface area contributed by atoms with Crippen molar-refractivity contribution in [2.75, 3.05) is 6.26 Å². The third-order valence-electron chi connectivity index (χ3n) is 5.67. The maximum absolute atomic E-state index is 14.4. The number of H-pyrrole nitrogens is 3. The standard InChI is InChI=1S/C23H18FN9O2S/c1-36(34,35)29-6-12-2-13(4-15(24)3-12)17-9-25-10-20-21(17)31-23(30-20)22-16-5-18(14-7-27-28-8-14)26-11-19(16)32-33-22/h2-5,7-11,29H,6H2,1H3,(H,27,28)(H,30,31)(H,32,33). The Balaban J connectivity index is 1.44. The molecule has 0 saturated carbocycles. The lowest BCUT2D eigenvalue weighted by atomic mass is 10.0. The fourth-order valence-electron chi connectivity index (χ4n) is 4.02. The van der Waals surface area contributed by atoms with E-state index in [1.165, 1.54) is 12.1 Å². The van der Waals surface area contributed by atoms with Gasteiger partial charge in [0.05, 0.1) is 47.1 Å². The van der Waals surface area contributed by atoms with Crippen LogP contribution in [0.2, 0.25) is 0 Å². The number of pyridine rings is 2. The lowest BCUT2D eigenvalue weighted by Crippen LogP contribution is -2.21. The molecule has 4 N–H and O–H groups in total. The Morgan fingerprint density at radius 2 is 1.92 bits per heavy atom. The number of sulfonamides is 1. The van der Waals surface area contributed by atoms with Crippen LogP contribution >= 0.6 is 0 Å². The molecule has 0 saturated heterocycles. The molecule has 1 aromatic carbocycles. The van der Waals surface area contributed by atoms with Crippen molar-refractivity contribution in [3.05, 3.63) is 66.6 Å². The van der Waals surface area contributed by atoms with Gasteiger partial charge in [-0.15, -0.1) is 0 Å². The van der Waals surface area contributed by atoms with Gasteiger partial charge in [0.25, 0.3) is 0 Å². The van der Waals surface area contributed by atoms with E-state index < -0.39 is 15.8 Å². The highest BCUT2D eigenvalue weighted by Crippen LogP contribution is 2.32. The minimum Gasteiger partial charge on any atom is -0.335 e. The van der Waals surface area contributed by atoms with Crippen LogP contribution < -0.4 is 4.72 Å². The molecule has 0 bridgehead atoms. The monoisotopic (exact) mass is 503 g/mol. The Labute approximate surface area is 203 Å². The number of fused-ring (bicyclic) bond motifs is 2. The fourth-order valence-corrected chi connectivity index (χ4v) is 4.45. The lowest BCUT2D eigenvalue weighted by molar-refractivity contribution is 0.586. The number of hydrogen-bond acceptors (Lipinski definition) is 7. The molecule has 0 unspecified atom stereocenters. The van der Waals surface area contributed by atoms with Crippen LogP contribution in [0.4, 0.5) is 4.39 Å². The Morgan fingerprint density at radius 1 is 1.03 bits per heavy atom. The van der Waals surface area contributed by atoms with E-state index in [0.717, 1.165) is 28.4 Å². The van der Waals surface area contributed by atoms with Gasteiger partial charge in [0.1, 0.15) is 11.5 Å². The molecule has 0 aliphatic heterocycles. The molecule has 0 spiro atoms. The molecule has 0 amide bonds. The van der Waals surface area contributed by atoms with E-state index in [1.54, 1.807) is 37.1 Å². The number of nitrogens with one attached hydrogen (secondary N) is 4. The second-order valence-electron chi connectivity index (χ2n) is 8.28. The van der Waals surface area contributed by atoms with Crippen molar-refractivity contribution >= 4 is 32.0 Å². The van der Waals surface area contributed by atoms with E-state index in [4.69, 9.17) is 4.98 Å². The van der Waals surface area contributed by atoms with Crippen LogP contribution in [-0.4, -0.2) is 55.0 Å². The van der Waals surface area contributed by atoms with Crippen molar-refractivity contribution in [1.82, 2.24) is 45.1 Å². The summed E-state index contributed by atoms with van der Waals surface area (Å²) < 4.78 is 39.8. The summed E-state index contributed by atoms with van der Waals surface area (Å²) in [5.41, 5.74) is 5.71. The first kappa shape index (κ1) is 22.0. The van der Waals surface area contributed by atoms with Gasteiger partial charge in [-0.3, -0.25) is 20.2 Å². The maximum Gasteiger partial charge on any atom is 0.209 e. The SMILES string of the molecule is CS(=O)(=O)NCc1cc(F)cc(-c2cncc3[nH]c(-c4n[nH]c5cnc(-c6cn[nH]c6)cc45)nc23)c1. The largest absolute Gasteiger partial charge is 0.335 e. The summed E-state index contributed by atoms with van der Waals surface area (Å²) >= 11 is 0. The van der Waals surface area contributed by atoms with Crippen LogP contribution in [0.3, 0.4) is 0 Å². The zero-order chi connectivity index (χ0) is 24.9. The Bertz CT molecular complexity index is 1840. The summed E-state index contributed by atoms with van der Waals surface area (Å²) in [5.74, 6) is 0.00773. The highest BCUT2D eigenvalue weighted by Gasteiger charge is 2.17. The van der Waals surface area contributed by atoms with Gasteiger partial charge in [-0.25, -0.2) is 22.5 Å². The third kappa shape index (κ3) is 4.10. The average Bonchev–Trinajstić information content (AvgIpc) is 3.60. The molecule has 5 aromatic heterocycles. The Morgan fingerprint density at radius 3 is 2.72 bits per heavy atom. The van der Waals surface area contributed by atoms with Crippen molar-refractivity contribution in [3.63, 3.8) is 0 Å². The topological polar surface area (TPSA) is 158 Å². The van der Waals surface area contributed by atoms with Crippen molar-refractivity contribution in [3.8, 4) is 33.9 Å². The van der Waals surface area contributed by atoms with E-state index in [9.17, 15) is 12.8 Å². The van der Waals surface area contributed by atoms with Gasteiger partial charge in [-0.2, -0.15) is 10.2 Å². The number of halogens is 1. The van der Waals surface area contributed by atoms with Crippen LogP contribution in [0.5, 0.6) is 0 Å². The van der Waals surface area contributed by atoms with Crippen LogP contribution in [0.1, 0.15) is 5.56 Å².